The average Bonchev–Trinajstić information content (AvgIpc) is 2.98. The average molecular weight is 350 g/mol. The number of nitrogens with zero attached hydrogens (tertiary/aromatic N) is 5. The van der Waals surface area contributed by atoms with Crippen molar-refractivity contribution in [2.24, 2.45) is 0 Å². The van der Waals surface area contributed by atoms with Crippen LogP contribution in [0, 0.1) is 6.92 Å². The number of piperidine rings is 1. The molecule has 7 nitrogen and oxygen atoms in total. The van der Waals surface area contributed by atoms with Crippen LogP contribution in [0.1, 0.15) is 18.7 Å². The lowest BCUT2D eigenvalue weighted by Gasteiger charge is -2.33. The number of carbonyl (C=O) groups is 1. The maximum absolute atomic E-state index is 12.6. The molecule has 1 aromatic carbocycles. The summed E-state index contributed by atoms with van der Waals surface area (Å²) < 4.78 is 1.97. The van der Waals surface area contributed by atoms with Crippen LogP contribution in [0.4, 0.5) is 5.82 Å². The van der Waals surface area contributed by atoms with Crippen molar-refractivity contribution < 1.29 is 4.79 Å². The van der Waals surface area contributed by atoms with Gasteiger partial charge >= 0.3 is 0 Å². The second-order valence-corrected chi connectivity index (χ2v) is 6.65. The van der Waals surface area contributed by atoms with E-state index in [1.807, 2.05) is 35.8 Å². The van der Waals surface area contributed by atoms with Crippen LogP contribution in [0.2, 0.25) is 0 Å². The first kappa shape index (κ1) is 16.5. The summed E-state index contributed by atoms with van der Waals surface area (Å²) in [7, 11) is 0. The van der Waals surface area contributed by atoms with Gasteiger partial charge in [-0.15, -0.1) is 0 Å². The Morgan fingerprint density at radius 2 is 2.19 bits per heavy atom. The second kappa shape index (κ2) is 7.11. The van der Waals surface area contributed by atoms with Gasteiger partial charge in [-0.25, -0.2) is 9.97 Å². The lowest BCUT2D eigenvalue weighted by molar-refractivity contribution is -0.122. The number of amides is 1. The Labute approximate surface area is 152 Å². The van der Waals surface area contributed by atoms with Gasteiger partial charge in [-0.05, 0) is 31.9 Å². The van der Waals surface area contributed by atoms with E-state index in [1.54, 1.807) is 18.6 Å². The van der Waals surface area contributed by atoms with E-state index in [-0.39, 0.29) is 18.5 Å². The number of para-hydroxylation sites is 2. The van der Waals surface area contributed by atoms with Gasteiger partial charge in [-0.1, -0.05) is 12.1 Å². The number of fused-ring (bicyclic) bond motifs is 1. The van der Waals surface area contributed by atoms with E-state index in [4.69, 9.17) is 0 Å². The van der Waals surface area contributed by atoms with Crippen LogP contribution in [0.5, 0.6) is 0 Å². The molecule has 1 aliphatic rings. The van der Waals surface area contributed by atoms with Gasteiger partial charge in [0, 0.05) is 31.5 Å². The van der Waals surface area contributed by atoms with Gasteiger partial charge in [0.05, 0.1) is 17.2 Å². The summed E-state index contributed by atoms with van der Waals surface area (Å²) in [5.74, 6) is 1.73. The molecule has 0 radical (unpaired) electrons. The summed E-state index contributed by atoms with van der Waals surface area (Å²) in [6, 6.07) is 8.02. The monoisotopic (exact) mass is 350 g/mol. The molecule has 1 saturated heterocycles. The molecule has 0 saturated carbocycles. The third-order valence-electron chi connectivity index (χ3n) is 4.81. The molecule has 1 unspecified atom stereocenters. The first-order valence-electron chi connectivity index (χ1n) is 8.93. The third-order valence-corrected chi connectivity index (χ3v) is 4.81. The van der Waals surface area contributed by atoms with Crippen molar-refractivity contribution in [1.29, 1.82) is 0 Å². The Balaban J connectivity index is 1.42. The highest BCUT2D eigenvalue weighted by molar-refractivity contribution is 5.81. The summed E-state index contributed by atoms with van der Waals surface area (Å²) in [6.07, 6.45) is 7.14. The van der Waals surface area contributed by atoms with Gasteiger partial charge < -0.3 is 14.8 Å². The van der Waals surface area contributed by atoms with E-state index in [0.717, 1.165) is 48.6 Å². The first-order valence-corrected chi connectivity index (χ1v) is 8.93. The largest absolute Gasteiger partial charge is 0.353 e. The molecular formula is C19H22N6O. The number of nitrogens with one attached hydrogen (secondary N) is 1. The number of benzene rings is 1. The molecule has 0 bridgehead atoms. The van der Waals surface area contributed by atoms with Crippen LogP contribution in [0.25, 0.3) is 11.0 Å². The maximum atomic E-state index is 12.6. The molecule has 3 aromatic rings. The van der Waals surface area contributed by atoms with Crippen molar-refractivity contribution in [2.75, 3.05) is 18.0 Å². The van der Waals surface area contributed by atoms with Crippen molar-refractivity contribution in [3.8, 4) is 0 Å². The van der Waals surface area contributed by atoms with E-state index in [1.165, 1.54) is 0 Å². The van der Waals surface area contributed by atoms with E-state index >= 15 is 0 Å². The minimum atomic E-state index is 0.0160. The minimum Gasteiger partial charge on any atom is -0.353 e. The zero-order valence-electron chi connectivity index (χ0n) is 14.8. The van der Waals surface area contributed by atoms with Gasteiger partial charge in [0.1, 0.15) is 18.2 Å². The maximum Gasteiger partial charge on any atom is 0.240 e. The predicted molar refractivity (Wildman–Crippen MR) is 99.9 cm³/mol. The molecule has 1 atom stereocenters. The molecule has 1 fully saturated rings. The highest BCUT2D eigenvalue weighted by Gasteiger charge is 2.23. The van der Waals surface area contributed by atoms with Crippen molar-refractivity contribution >= 4 is 22.8 Å². The molecule has 26 heavy (non-hydrogen) atoms. The summed E-state index contributed by atoms with van der Waals surface area (Å²) >= 11 is 0. The zero-order chi connectivity index (χ0) is 17.9. The highest BCUT2D eigenvalue weighted by Crippen LogP contribution is 2.17. The van der Waals surface area contributed by atoms with Gasteiger partial charge in [-0.2, -0.15) is 0 Å². The van der Waals surface area contributed by atoms with Crippen molar-refractivity contribution in [3.05, 3.63) is 48.7 Å². The highest BCUT2D eigenvalue weighted by atomic mass is 16.2. The predicted octanol–water partition coefficient (Wildman–Crippen LogP) is 1.92. The fourth-order valence-electron chi connectivity index (χ4n) is 3.57. The van der Waals surface area contributed by atoms with Crippen molar-refractivity contribution in [2.45, 2.75) is 32.4 Å². The van der Waals surface area contributed by atoms with E-state index < -0.39 is 0 Å². The van der Waals surface area contributed by atoms with Gasteiger partial charge in [-0.3, -0.25) is 9.78 Å². The molecule has 0 spiro atoms. The van der Waals surface area contributed by atoms with Gasteiger partial charge in [0.15, 0.2) is 0 Å². The van der Waals surface area contributed by atoms with Crippen LogP contribution in [0.15, 0.2) is 42.9 Å². The lowest BCUT2D eigenvalue weighted by Crippen LogP contribution is -2.48. The Bertz CT molecular complexity index is 907. The van der Waals surface area contributed by atoms with Crippen LogP contribution in [-0.4, -0.2) is 44.6 Å². The zero-order valence-corrected chi connectivity index (χ0v) is 14.8. The molecule has 4 rings (SSSR count). The minimum absolute atomic E-state index is 0.0160. The SMILES string of the molecule is Cc1nc2ccccc2n1CC(=O)NC1CCCN(c2cnccn2)C1. The third kappa shape index (κ3) is 3.37. The second-order valence-electron chi connectivity index (χ2n) is 6.65. The molecule has 3 heterocycles. The Morgan fingerprint density at radius 1 is 1.31 bits per heavy atom. The molecule has 1 amide bonds. The molecule has 1 N–H and O–H groups in total. The topological polar surface area (TPSA) is 75.9 Å². The number of hydrogen-bond acceptors (Lipinski definition) is 5. The van der Waals surface area contributed by atoms with E-state index in [2.05, 4.69) is 25.2 Å². The number of imidazole rings is 1. The molecular weight excluding hydrogens is 328 g/mol. The molecule has 134 valence electrons. The molecule has 7 heteroatoms. The Morgan fingerprint density at radius 3 is 3.04 bits per heavy atom. The Kier molecular flexibility index (Phi) is 4.51. The number of anilines is 1. The standard InChI is InChI=1S/C19H22N6O/c1-14-22-16-6-2-3-7-17(16)25(14)13-19(26)23-15-5-4-10-24(12-15)18-11-20-8-9-21-18/h2-3,6-9,11,15H,4-5,10,12-13H2,1H3,(H,23,26). The van der Waals surface area contributed by atoms with E-state index in [9.17, 15) is 4.79 Å². The number of rotatable bonds is 4. The summed E-state index contributed by atoms with van der Waals surface area (Å²) in [5.41, 5.74) is 1.91. The number of aryl methyl sites for hydroxylation is 1. The quantitative estimate of drug-likeness (QED) is 0.778. The first-order chi connectivity index (χ1) is 12.7. The molecule has 2 aromatic heterocycles. The van der Waals surface area contributed by atoms with Crippen LogP contribution in [0.3, 0.4) is 0 Å². The normalized spacial score (nSPS) is 17.4. The van der Waals surface area contributed by atoms with Gasteiger partial charge in [0.2, 0.25) is 5.91 Å². The number of hydrogen-bond donors (Lipinski definition) is 1. The van der Waals surface area contributed by atoms with Crippen LogP contribution in [-0.2, 0) is 11.3 Å². The molecule has 1 aliphatic heterocycles. The summed E-state index contributed by atoms with van der Waals surface area (Å²) in [5, 5.41) is 3.17. The number of carbonyl (C=O) groups excluding carboxylic acids is 1. The summed E-state index contributed by atoms with van der Waals surface area (Å²) in [4.78, 5) is 27.8. The van der Waals surface area contributed by atoms with Crippen LogP contribution < -0.4 is 10.2 Å². The van der Waals surface area contributed by atoms with Gasteiger partial charge in [0.25, 0.3) is 0 Å². The smallest absolute Gasteiger partial charge is 0.240 e. The Hall–Kier alpha value is -2.96. The number of aromatic nitrogens is 4. The van der Waals surface area contributed by atoms with Crippen molar-refractivity contribution in [1.82, 2.24) is 24.8 Å². The fraction of sp³-hybridized carbons (Fsp3) is 0.368. The lowest BCUT2D eigenvalue weighted by atomic mass is 10.1. The molecule has 0 aliphatic carbocycles. The van der Waals surface area contributed by atoms with E-state index in [0.29, 0.717) is 0 Å². The fourth-order valence-corrected chi connectivity index (χ4v) is 3.57. The van der Waals surface area contributed by atoms with Crippen LogP contribution >= 0.6 is 0 Å². The van der Waals surface area contributed by atoms with Crippen molar-refractivity contribution in [3.63, 3.8) is 0 Å². The summed E-state index contributed by atoms with van der Waals surface area (Å²) in [6.45, 7) is 3.92.